The van der Waals surface area contributed by atoms with Gasteiger partial charge in [-0.2, -0.15) is 0 Å². The highest BCUT2D eigenvalue weighted by molar-refractivity contribution is 14.2. The quantitative estimate of drug-likeness (QED) is 0.533. The van der Waals surface area contributed by atoms with Crippen LogP contribution in [0.15, 0.2) is 21.3 Å². The van der Waals surface area contributed by atoms with Gasteiger partial charge in [0.1, 0.15) is 0 Å². The van der Waals surface area contributed by atoms with Gasteiger partial charge in [-0.3, -0.25) is 0 Å². The molecule has 1 rings (SSSR count). The zero-order chi connectivity index (χ0) is 7.40. The molecule has 0 aromatic carbocycles. The lowest BCUT2D eigenvalue weighted by Crippen LogP contribution is -1.86. The molecule has 0 saturated carbocycles. The zero-order valence-corrected chi connectivity index (χ0v) is 8.82. The van der Waals surface area contributed by atoms with Gasteiger partial charge in [-0.15, -0.1) is 11.6 Å². The lowest BCUT2D eigenvalue weighted by molar-refractivity contribution is 1.14. The fourth-order valence-corrected chi connectivity index (χ4v) is 3.39. The van der Waals surface area contributed by atoms with Gasteiger partial charge in [-0.1, -0.05) is 39.8 Å². The van der Waals surface area contributed by atoms with Gasteiger partial charge in [0.05, 0.1) is 5.88 Å². The number of hydrogen-bond acceptors (Lipinski definition) is 0. The Morgan fingerprint density at radius 1 is 1.60 bits per heavy atom. The maximum Gasteiger partial charge on any atom is 0.0530 e. The SMILES string of the molecule is CCC1=C(CCl)I=CC=C1. The fourth-order valence-electron chi connectivity index (χ4n) is 0.850. The highest BCUT2D eigenvalue weighted by Crippen LogP contribution is 2.25. The lowest BCUT2D eigenvalue weighted by atomic mass is 10.2. The molecule has 0 spiro atoms. The van der Waals surface area contributed by atoms with E-state index in [9.17, 15) is 0 Å². The molecule has 0 fully saturated rings. The van der Waals surface area contributed by atoms with Crippen molar-refractivity contribution in [2.45, 2.75) is 13.3 Å². The molecule has 0 unspecified atom stereocenters. The second kappa shape index (κ2) is 4.29. The highest BCUT2D eigenvalue weighted by Gasteiger charge is 2.00. The standard InChI is InChI=1S/C8H10ClI/c1-2-7-4-3-5-10-8(7)6-9/h3-5H,2,6H2,1H3. The van der Waals surface area contributed by atoms with Crippen molar-refractivity contribution < 1.29 is 0 Å². The van der Waals surface area contributed by atoms with E-state index in [1.165, 1.54) is 9.15 Å². The van der Waals surface area contributed by atoms with Crippen molar-refractivity contribution in [2.75, 3.05) is 5.88 Å². The smallest absolute Gasteiger partial charge is 0.0530 e. The van der Waals surface area contributed by atoms with Crippen LogP contribution >= 0.6 is 32.3 Å². The Hall–Kier alpha value is 0.370. The molecular formula is C8H10ClI. The van der Waals surface area contributed by atoms with E-state index in [1.54, 1.807) is 0 Å². The minimum atomic E-state index is 0.138. The molecule has 10 heavy (non-hydrogen) atoms. The number of hydrogen-bond donors (Lipinski definition) is 0. The van der Waals surface area contributed by atoms with Gasteiger partial charge in [-0.05, 0) is 16.0 Å². The highest BCUT2D eigenvalue weighted by atomic mass is 127. The van der Waals surface area contributed by atoms with Gasteiger partial charge >= 0.3 is 0 Å². The Labute approximate surface area is 76.7 Å². The van der Waals surface area contributed by atoms with Crippen LogP contribution in [0.1, 0.15) is 13.3 Å². The van der Waals surface area contributed by atoms with E-state index < -0.39 is 0 Å². The van der Waals surface area contributed by atoms with Gasteiger partial charge in [0, 0.05) is 3.58 Å². The van der Waals surface area contributed by atoms with E-state index in [-0.39, 0.29) is 20.7 Å². The van der Waals surface area contributed by atoms with Crippen LogP contribution in [-0.4, -0.2) is 9.89 Å². The second-order valence-electron chi connectivity index (χ2n) is 2.01. The van der Waals surface area contributed by atoms with E-state index in [1.807, 2.05) is 0 Å². The molecule has 0 aromatic rings. The maximum atomic E-state index is 5.77. The third-order valence-corrected chi connectivity index (χ3v) is 4.73. The van der Waals surface area contributed by atoms with Crippen LogP contribution in [0.2, 0.25) is 0 Å². The molecule has 0 amide bonds. The lowest BCUT2D eigenvalue weighted by Gasteiger charge is -2.05. The van der Waals surface area contributed by atoms with Crippen molar-refractivity contribution in [1.29, 1.82) is 0 Å². The molecule has 1 heterocycles. The summed E-state index contributed by atoms with van der Waals surface area (Å²) in [4.78, 5) is 0. The molecule has 0 atom stereocenters. The van der Waals surface area contributed by atoms with Crippen LogP contribution in [0.5, 0.6) is 0 Å². The Morgan fingerprint density at radius 3 is 2.90 bits per heavy atom. The third-order valence-electron chi connectivity index (χ3n) is 1.41. The van der Waals surface area contributed by atoms with Crippen LogP contribution < -0.4 is 0 Å². The molecule has 0 saturated heterocycles. The molecule has 2 heteroatoms. The molecule has 0 aromatic heterocycles. The Kier molecular flexibility index (Phi) is 3.63. The third kappa shape index (κ3) is 1.92. The first-order valence-corrected chi connectivity index (χ1v) is 6.15. The summed E-state index contributed by atoms with van der Waals surface area (Å²) in [6, 6.07) is 0. The van der Waals surface area contributed by atoms with Gasteiger partial charge in [0.25, 0.3) is 0 Å². The Bertz CT molecular complexity index is 179. The van der Waals surface area contributed by atoms with Gasteiger partial charge < -0.3 is 0 Å². The summed E-state index contributed by atoms with van der Waals surface area (Å²) in [6.45, 7) is 2.18. The number of allylic oxidation sites excluding steroid dienone is 4. The molecule has 0 N–H and O–H groups in total. The van der Waals surface area contributed by atoms with Crippen molar-refractivity contribution in [3.05, 3.63) is 21.3 Å². The summed E-state index contributed by atoms with van der Waals surface area (Å²) in [5, 5.41) is 0. The largest absolute Gasteiger partial charge is 0.121 e. The predicted molar refractivity (Wildman–Crippen MR) is 57.3 cm³/mol. The number of halogens is 2. The average Bonchev–Trinajstić information content (AvgIpc) is 2.04. The van der Waals surface area contributed by atoms with Crippen LogP contribution in [-0.2, 0) is 0 Å². The van der Waals surface area contributed by atoms with Crippen LogP contribution in [0.3, 0.4) is 0 Å². The molecular weight excluding hydrogens is 258 g/mol. The minimum absolute atomic E-state index is 0.138. The van der Waals surface area contributed by atoms with Gasteiger partial charge in [0.2, 0.25) is 0 Å². The van der Waals surface area contributed by atoms with Crippen LogP contribution in [0, 0.1) is 0 Å². The van der Waals surface area contributed by atoms with Gasteiger partial charge in [0.15, 0.2) is 0 Å². The molecule has 56 valence electrons. The number of alkyl halides is 1. The summed E-state index contributed by atoms with van der Waals surface area (Å²) in [5.74, 6) is 0.733. The topological polar surface area (TPSA) is 0 Å². The fraction of sp³-hybridized carbons (Fsp3) is 0.375. The van der Waals surface area contributed by atoms with Crippen molar-refractivity contribution in [3.8, 4) is 0 Å². The van der Waals surface area contributed by atoms with E-state index >= 15 is 0 Å². The van der Waals surface area contributed by atoms with E-state index in [0.29, 0.717) is 0 Å². The van der Waals surface area contributed by atoms with E-state index in [2.05, 4.69) is 23.1 Å². The van der Waals surface area contributed by atoms with Crippen LogP contribution in [0.25, 0.3) is 0 Å². The first kappa shape index (κ1) is 8.47. The molecule has 0 radical (unpaired) electrons. The minimum Gasteiger partial charge on any atom is -0.121 e. The summed E-state index contributed by atoms with van der Waals surface area (Å²) < 4.78 is 3.75. The van der Waals surface area contributed by atoms with E-state index in [4.69, 9.17) is 11.6 Å². The first-order chi connectivity index (χ1) is 4.88. The molecule has 0 aliphatic carbocycles. The molecule has 1 aliphatic heterocycles. The monoisotopic (exact) mass is 268 g/mol. The first-order valence-electron chi connectivity index (χ1n) is 3.29. The van der Waals surface area contributed by atoms with Crippen molar-refractivity contribution in [2.24, 2.45) is 0 Å². The summed E-state index contributed by atoms with van der Waals surface area (Å²) in [6.07, 6.45) is 5.47. The summed E-state index contributed by atoms with van der Waals surface area (Å²) >= 11 is 5.91. The number of rotatable bonds is 2. The Morgan fingerprint density at radius 2 is 2.40 bits per heavy atom. The summed E-state index contributed by atoms with van der Waals surface area (Å²) in [5.41, 5.74) is 1.46. The van der Waals surface area contributed by atoms with Crippen molar-refractivity contribution in [3.63, 3.8) is 0 Å². The normalized spacial score (nSPS) is 17.4. The second-order valence-corrected chi connectivity index (χ2v) is 4.92. The molecule has 1 aliphatic rings. The maximum absolute atomic E-state index is 5.77. The average molecular weight is 269 g/mol. The summed E-state index contributed by atoms with van der Waals surface area (Å²) in [7, 11) is 0. The van der Waals surface area contributed by atoms with Crippen LogP contribution in [0.4, 0.5) is 0 Å². The van der Waals surface area contributed by atoms with Crippen molar-refractivity contribution >= 4 is 36.3 Å². The van der Waals surface area contributed by atoms with Crippen molar-refractivity contribution in [1.82, 2.24) is 0 Å². The zero-order valence-electron chi connectivity index (χ0n) is 5.90. The Balaban J connectivity index is 2.87. The van der Waals surface area contributed by atoms with E-state index in [0.717, 1.165) is 12.3 Å². The predicted octanol–water partition coefficient (Wildman–Crippen LogP) is 3.23. The van der Waals surface area contributed by atoms with Gasteiger partial charge in [-0.25, -0.2) is 0 Å². The molecule has 0 bridgehead atoms. The molecule has 0 nitrogen and oxygen atoms in total.